The average Bonchev–Trinajstić information content (AvgIpc) is 2.77. The van der Waals surface area contributed by atoms with Crippen molar-refractivity contribution >= 4 is 11.6 Å². The molecule has 0 unspecified atom stereocenters. The highest BCUT2D eigenvalue weighted by atomic mass is 15.3. The molecule has 0 saturated carbocycles. The van der Waals surface area contributed by atoms with Crippen molar-refractivity contribution in [1.29, 1.82) is 0 Å². The number of aryl methyl sites for hydroxylation is 3. The molecule has 124 valence electrons. The van der Waals surface area contributed by atoms with Gasteiger partial charge in [0.25, 0.3) is 0 Å². The third-order valence-corrected chi connectivity index (χ3v) is 4.13. The lowest BCUT2D eigenvalue weighted by atomic mass is 10.1. The van der Waals surface area contributed by atoms with Gasteiger partial charge >= 0.3 is 0 Å². The summed E-state index contributed by atoms with van der Waals surface area (Å²) in [6, 6.07) is 8.24. The van der Waals surface area contributed by atoms with Crippen LogP contribution in [0.4, 0.5) is 5.69 Å². The summed E-state index contributed by atoms with van der Waals surface area (Å²) in [6.45, 7) is 7.01. The van der Waals surface area contributed by atoms with E-state index in [2.05, 4.69) is 48.3 Å². The van der Waals surface area contributed by atoms with Crippen LogP contribution in [0.3, 0.4) is 0 Å². The largest absolute Gasteiger partial charge is 0.370 e. The van der Waals surface area contributed by atoms with Gasteiger partial charge in [0.1, 0.15) is 0 Å². The number of aromatic nitrogens is 2. The van der Waals surface area contributed by atoms with Crippen molar-refractivity contribution in [1.82, 2.24) is 9.78 Å². The number of nitrogens with zero attached hydrogens (tertiary/aromatic N) is 3. The van der Waals surface area contributed by atoms with Crippen molar-refractivity contribution in [3.8, 4) is 0 Å². The molecule has 0 fully saturated rings. The molecular formula is C18H27N5. The Hall–Kier alpha value is -2.30. The summed E-state index contributed by atoms with van der Waals surface area (Å²) >= 11 is 0. The van der Waals surface area contributed by atoms with Crippen molar-refractivity contribution in [3.63, 3.8) is 0 Å². The van der Waals surface area contributed by atoms with Crippen LogP contribution in [-0.2, 0) is 19.9 Å². The quantitative estimate of drug-likeness (QED) is 0.489. The van der Waals surface area contributed by atoms with Crippen LogP contribution >= 0.6 is 0 Å². The van der Waals surface area contributed by atoms with E-state index < -0.39 is 0 Å². The van der Waals surface area contributed by atoms with Crippen LogP contribution in [0, 0.1) is 13.8 Å². The molecule has 0 aliphatic heterocycles. The lowest BCUT2D eigenvalue weighted by molar-refractivity contribution is 0.728. The molecule has 0 saturated heterocycles. The van der Waals surface area contributed by atoms with E-state index >= 15 is 0 Å². The maximum Gasteiger partial charge on any atom is 0.193 e. The minimum Gasteiger partial charge on any atom is -0.370 e. The summed E-state index contributed by atoms with van der Waals surface area (Å²) in [7, 11) is 1.98. The van der Waals surface area contributed by atoms with Crippen LogP contribution in [0.1, 0.15) is 35.9 Å². The van der Waals surface area contributed by atoms with Gasteiger partial charge in [-0.3, -0.25) is 9.67 Å². The number of hydrogen-bond acceptors (Lipinski definition) is 2. The Morgan fingerprint density at radius 3 is 2.78 bits per heavy atom. The fourth-order valence-corrected chi connectivity index (χ4v) is 2.69. The number of guanidine groups is 1. The lowest BCUT2D eigenvalue weighted by Crippen LogP contribution is -2.23. The summed E-state index contributed by atoms with van der Waals surface area (Å²) in [5.74, 6) is 0.470. The SMILES string of the molecule is CCc1cccc(NC(N)=NCCCc2c(C)nn(C)c2C)c1. The van der Waals surface area contributed by atoms with E-state index in [1.165, 1.54) is 16.8 Å². The predicted molar refractivity (Wildman–Crippen MR) is 96.9 cm³/mol. The van der Waals surface area contributed by atoms with Crippen LogP contribution in [0.2, 0.25) is 0 Å². The van der Waals surface area contributed by atoms with Crippen molar-refractivity contribution in [2.24, 2.45) is 17.8 Å². The maximum atomic E-state index is 5.96. The normalized spacial score (nSPS) is 11.7. The first-order valence-electron chi connectivity index (χ1n) is 8.16. The first-order valence-corrected chi connectivity index (χ1v) is 8.16. The molecule has 1 heterocycles. The number of rotatable bonds is 6. The standard InChI is InChI=1S/C18H27N5/c1-5-15-8-6-9-16(12-15)21-18(19)20-11-7-10-17-13(2)22-23(4)14(17)3/h6,8-9,12H,5,7,10-11H2,1-4H3,(H3,19,20,21). The molecule has 0 radical (unpaired) electrons. The first kappa shape index (κ1) is 17.1. The molecule has 3 N–H and O–H groups in total. The summed E-state index contributed by atoms with van der Waals surface area (Å²) < 4.78 is 1.94. The molecule has 0 amide bonds. The van der Waals surface area contributed by atoms with Crippen LogP contribution in [0.15, 0.2) is 29.3 Å². The van der Waals surface area contributed by atoms with Crippen LogP contribution in [0.5, 0.6) is 0 Å². The van der Waals surface area contributed by atoms with Gasteiger partial charge in [0.15, 0.2) is 5.96 Å². The highest BCUT2D eigenvalue weighted by Crippen LogP contribution is 2.14. The average molecular weight is 313 g/mol. The summed E-state index contributed by atoms with van der Waals surface area (Å²) in [4.78, 5) is 4.41. The number of benzene rings is 1. The fraction of sp³-hybridized carbons (Fsp3) is 0.444. The second-order valence-corrected chi connectivity index (χ2v) is 5.82. The lowest BCUT2D eigenvalue weighted by Gasteiger charge is -2.07. The van der Waals surface area contributed by atoms with Gasteiger partial charge in [-0.1, -0.05) is 19.1 Å². The van der Waals surface area contributed by atoms with E-state index in [-0.39, 0.29) is 0 Å². The Morgan fingerprint density at radius 1 is 1.35 bits per heavy atom. The number of aliphatic imine (C=N–C) groups is 1. The predicted octanol–water partition coefficient (Wildman–Crippen LogP) is 2.96. The molecular weight excluding hydrogens is 286 g/mol. The zero-order valence-electron chi connectivity index (χ0n) is 14.6. The van der Waals surface area contributed by atoms with Crippen molar-refractivity contribution in [2.75, 3.05) is 11.9 Å². The Kier molecular flexibility index (Phi) is 5.79. The van der Waals surface area contributed by atoms with Crippen LogP contribution in [-0.4, -0.2) is 22.3 Å². The Balaban J connectivity index is 1.85. The molecule has 2 rings (SSSR count). The van der Waals surface area contributed by atoms with Gasteiger partial charge < -0.3 is 11.1 Å². The van der Waals surface area contributed by atoms with E-state index in [0.29, 0.717) is 12.5 Å². The minimum absolute atomic E-state index is 0.470. The van der Waals surface area contributed by atoms with E-state index in [0.717, 1.165) is 30.6 Å². The molecule has 1 aromatic heterocycles. The third kappa shape index (κ3) is 4.58. The first-order chi connectivity index (χ1) is 11.0. The Bertz CT molecular complexity index is 685. The Labute approximate surface area is 138 Å². The third-order valence-electron chi connectivity index (χ3n) is 4.13. The van der Waals surface area contributed by atoms with E-state index in [1.807, 2.05) is 23.9 Å². The van der Waals surface area contributed by atoms with Gasteiger partial charge in [0.05, 0.1) is 5.69 Å². The van der Waals surface area contributed by atoms with E-state index in [1.54, 1.807) is 0 Å². The second-order valence-electron chi connectivity index (χ2n) is 5.82. The van der Waals surface area contributed by atoms with Gasteiger partial charge in [0.2, 0.25) is 0 Å². The minimum atomic E-state index is 0.470. The molecule has 23 heavy (non-hydrogen) atoms. The highest BCUT2D eigenvalue weighted by Gasteiger charge is 2.08. The molecule has 0 spiro atoms. The molecule has 5 nitrogen and oxygen atoms in total. The maximum absolute atomic E-state index is 5.96. The monoisotopic (exact) mass is 313 g/mol. The Morgan fingerprint density at radius 2 is 2.13 bits per heavy atom. The molecule has 0 bridgehead atoms. The number of nitrogens with two attached hydrogens (primary N) is 1. The van der Waals surface area contributed by atoms with Gasteiger partial charge in [-0.05, 0) is 56.4 Å². The molecule has 2 aromatic rings. The summed E-state index contributed by atoms with van der Waals surface area (Å²) in [6.07, 6.45) is 2.95. The van der Waals surface area contributed by atoms with Crippen molar-refractivity contribution in [3.05, 3.63) is 46.8 Å². The summed E-state index contributed by atoms with van der Waals surface area (Å²) in [5.41, 5.74) is 11.9. The van der Waals surface area contributed by atoms with Gasteiger partial charge in [-0.2, -0.15) is 5.10 Å². The molecule has 0 atom stereocenters. The smallest absolute Gasteiger partial charge is 0.193 e. The van der Waals surface area contributed by atoms with E-state index in [4.69, 9.17) is 5.73 Å². The molecule has 0 aliphatic carbocycles. The van der Waals surface area contributed by atoms with Crippen molar-refractivity contribution < 1.29 is 0 Å². The van der Waals surface area contributed by atoms with Gasteiger partial charge in [-0.25, -0.2) is 0 Å². The van der Waals surface area contributed by atoms with Gasteiger partial charge in [-0.15, -0.1) is 0 Å². The van der Waals surface area contributed by atoms with Crippen molar-refractivity contribution in [2.45, 2.75) is 40.0 Å². The van der Waals surface area contributed by atoms with E-state index in [9.17, 15) is 0 Å². The highest BCUT2D eigenvalue weighted by molar-refractivity contribution is 5.92. The topological polar surface area (TPSA) is 68.2 Å². The number of hydrogen-bond donors (Lipinski definition) is 2. The second kappa shape index (κ2) is 7.81. The summed E-state index contributed by atoms with van der Waals surface area (Å²) in [5, 5.41) is 7.59. The zero-order chi connectivity index (χ0) is 16.8. The van der Waals surface area contributed by atoms with Crippen LogP contribution < -0.4 is 11.1 Å². The van der Waals surface area contributed by atoms with Gasteiger partial charge in [0, 0.05) is 25.0 Å². The fourth-order valence-electron chi connectivity index (χ4n) is 2.69. The molecule has 5 heteroatoms. The zero-order valence-corrected chi connectivity index (χ0v) is 14.6. The molecule has 1 aromatic carbocycles. The van der Waals surface area contributed by atoms with Crippen LogP contribution in [0.25, 0.3) is 0 Å². The number of nitrogens with one attached hydrogen (secondary N) is 1. The number of anilines is 1. The molecule has 0 aliphatic rings.